The predicted molar refractivity (Wildman–Crippen MR) is 105 cm³/mol. The molecule has 0 unspecified atom stereocenters. The molecule has 1 heterocycles. The van der Waals surface area contributed by atoms with Gasteiger partial charge in [0.25, 0.3) is 0 Å². The van der Waals surface area contributed by atoms with Gasteiger partial charge in [-0.05, 0) is 89.3 Å². The summed E-state index contributed by atoms with van der Waals surface area (Å²) in [5, 5.41) is 3.73. The number of fused-ring (bicyclic) bond motifs is 2. The maximum absolute atomic E-state index is 6.56. The van der Waals surface area contributed by atoms with Crippen LogP contribution in [0, 0.1) is 23.7 Å². The van der Waals surface area contributed by atoms with Crippen molar-refractivity contribution in [3.05, 3.63) is 29.8 Å². The Morgan fingerprint density at radius 3 is 2.76 bits per heavy atom. The second-order valence-corrected chi connectivity index (χ2v) is 8.90. The minimum absolute atomic E-state index is 0.00535. The molecule has 0 saturated heterocycles. The maximum atomic E-state index is 6.56. The first-order valence-electron chi connectivity index (χ1n) is 10.0. The molecule has 2 aliphatic rings. The normalized spacial score (nSPS) is 34.3. The molecule has 1 aromatic carbocycles. The first-order chi connectivity index (χ1) is 11.9. The Morgan fingerprint density at radius 1 is 1.24 bits per heavy atom. The number of nitrogens with zero attached hydrogens (tertiary/aromatic N) is 1. The smallest absolute Gasteiger partial charge is 0.123 e. The van der Waals surface area contributed by atoms with Crippen molar-refractivity contribution in [1.29, 1.82) is 0 Å². The summed E-state index contributed by atoms with van der Waals surface area (Å²) in [7, 11) is 4.29. The summed E-state index contributed by atoms with van der Waals surface area (Å²) >= 11 is 0. The van der Waals surface area contributed by atoms with Crippen LogP contribution in [0.1, 0.15) is 39.2 Å². The summed E-state index contributed by atoms with van der Waals surface area (Å²) < 4.78 is 6.56. The van der Waals surface area contributed by atoms with Gasteiger partial charge >= 0.3 is 0 Å². The molecule has 0 aromatic heterocycles. The summed E-state index contributed by atoms with van der Waals surface area (Å²) in [6.45, 7) is 10.7. The van der Waals surface area contributed by atoms with Gasteiger partial charge in [-0.15, -0.1) is 0 Å². The van der Waals surface area contributed by atoms with Gasteiger partial charge in [-0.3, -0.25) is 0 Å². The van der Waals surface area contributed by atoms with Gasteiger partial charge in [-0.1, -0.05) is 32.0 Å². The van der Waals surface area contributed by atoms with Crippen LogP contribution < -0.4 is 10.1 Å². The highest BCUT2D eigenvalue weighted by molar-refractivity contribution is 5.37. The summed E-state index contributed by atoms with van der Waals surface area (Å²) in [5.74, 6) is 3.85. The van der Waals surface area contributed by atoms with E-state index in [1.54, 1.807) is 0 Å². The monoisotopic (exact) mass is 344 g/mol. The van der Waals surface area contributed by atoms with Gasteiger partial charge < -0.3 is 15.0 Å². The molecule has 1 aliphatic heterocycles. The van der Waals surface area contributed by atoms with E-state index in [4.69, 9.17) is 4.74 Å². The first kappa shape index (κ1) is 18.7. The SMILES string of the molecule is C[C@H]1[C@H](CNCCCN(C)C)[C@H](C)C[C@]2(C)Oc3ccccc3C[C@H]12. The molecule has 1 fully saturated rings. The molecule has 1 N–H and O–H groups in total. The van der Waals surface area contributed by atoms with Crippen molar-refractivity contribution in [2.45, 2.75) is 45.6 Å². The van der Waals surface area contributed by atoms with Crippen molar-refractivity contribution in [3.8, 4) is 5.75 Å². The van der Waals surface area contributed by atoms with Crippen molar-refractivity contribution in [2.24, 2.45) is 23.7 Å². The van der Waals surface area contributed by atoms with Crippen LogP contribution in [0.2, 0.25) is 0 Å². The Kier molecular flexibility index (Phi) is 5.75. The van der Waals surface area contributed by atoms with Gasteiger partial charge in [0, 0.05) is 5.92 Å². The Balaban J connectivity index is 1.64. The highest BCUT2D eigenvalue weighted by Crippen LogP contribution is 2.51. The zero-order valence-electron chi connectivity index (χ0n) is 16.7. The van der Waals surface area contributed by atoms with E-state index in [2.05, 4.69) is 69.3 Å². The highest BCUT2D eigenvalue weighted by Gasteiger charge is 2.51. The third kappa shape index (κ3) is 4.03. The molecule has 1 aromatic rings. The lowest BCUT2D eigenvalue weighted by Gasteiger charge is -2.53. The van der Waals surface area contributed by atoms with Crippen LogP contribution in [-0.2, 0) is 6.42 Å². The van der Waals surface area contributed by atoms with E-state index in [0.717, 1.165) is 37.7 Å². The Hall–Kier alpha value is -1.06. The molecule has 140 valence electrons. The average molecular weight is 345 g/mol. The molecule has 5 atom stereocenters. The summed E-state index contributed by atoms with van der Waals surface area (Å²) in [6.07, 6.45) is 3.55. The average Bonchev–Trinajstić information content (AvgIpc) is 2.55. The van der Waals surface area contributed by atoms with Crippen LogP contribution in [0.15, 0.2) is 24.3 Å². The third-order valence-electron chi connectivity index (χ3n) is 6.65. The van der Waals surface area contributed by atoms with Crippen molar-refractivity contribution >= 4 is 0 Å². The minimum Gasteiger partial charge on any atom is -0.487 e. The topological polar surface area (TPSA) is 24.5 Å². The van der Waals surface area contributed by atoms with E-state index in [-0.39, 0.29) is 5.60 Å². The zero-order valence-corrected chi connectivity index (χ0v) is 16.7. The zero-order chi connectivity index (χ0) is 18.0. The van der Waals surface area contributed by atoms with E-state index in [9.17, 15) is 0 Å². The van der Waals surface area contributed by atoms with Crippen LogP contribution in [-0.4, -0.2) is 44.2 Å². The van der Waals surface area contributed by atoms with Crippen LogP contribution >= 0.6 is 0 Å². The molecule has 1 aliphatic carbocycles. The van der Waals surface area contributed by atoms with Gasteiger partial charge in [0.2, 0.25) is 0 Å². The predicted octanol–water partition coefficient (Wildman–Crippen LogP) is 3.83. The van der Waals surface area contributed by atoms with Crippen molar-refractivity contribution in [3.63, 3.8) is 0 Å². The summed E-state index contributed by atoms with van der Waals surface area (Å²) in [4.78, 5) is 2.26. The van der Waals surface area contributed by atoms with Crippen LogP contribution in [0.4, 0.5) is 0 Å². The Bertz CT molecular complexity index is 573. The number of hydrogen-bond acceptors (Lipinski definition) is 3. The quantitative estimate of drug-likeness (QED) is 0.794. The van der Waals surface area contributed by atoms with Crippen molar-refractivity contribution < 1.29 is 4.74 Å². The van der Waals surface area contributed by atoms with Gasteiger partial charge in [0.15, 0.2) is 0 Å². The van der Waals surface area contributed by atoms with E-state index in [1.165, 1.54) is 18.4 Å². The maximum Gasteiger partial charge on any atom is 0.123 e. The fourth-order valence-electron chi connectivity index (χ4n) is 5.27. The molecule has 0 bridgehead atoms. The van der Waals surface area contributed by atoms with E-state index in [0.29, 0.717) is 17.8 Å². The van der Waals surface area contributed by atoms with Gasteiger partial charge in [0.05, 0.1) is 0 Å². The summed E-state index contributed by atoms with van der Waals surface area (Å²) in [6, 6.07) is 8.63. The molecule has 0 spiro atoms. The number of rotatable bonds is 6. The highest BCUT2D eigenvalue weighted by atomic mass is 16.5. The third-order valence-corrected chi connectivity index (χ3v) is 6.65. The standard InChI is InChI=1S/C22H36N2O/c1-16-14-22(3)20(13-18-9-6-7-10-21(18)25-22)17(2)19(16)15-23-11-8-12-24(4)5/h6-7,9-10,16-17,19-20,23H,8,11-15H2,1-5H3/t16-,17+,19-,20-,22+/m1/s1. The molecule has 25 heavy (non-hydrogen) atoms. The molecule has 0 radical (unpaired) electrons. The lowest BCUT2D eigenvalue weighted by atomic mass is 9.59. The molecular weight excluding hydrogens is 308 g/mol. The summed E-state index contributed by atoms with van der Waals surface area (Å²) in [5.41, 5.74) is 1.39. The number of ether oxygens (including phenoxy) is 1. The van der Waals surface area contributed by atoms with Crippen LogP contribution in [0.25, 0.3) is 0 Å². The van der Waals surface area contributed by atoms with Crippen molar-refractivity contribution in [2.75, 3.05) is 33.7 Å². The Labute approximate surface area is 154 Å². The fraction of sp³-hybridized carbons (Fsp3) is 0.727. The second kappa shape index (κ2) is 7.67. The van der Waals surface area contributed by atoms with Crippen molar-refractivity contribution in [1.82, 2.24) is 10.2 Å². The van der Waals surface area contributed by atoms with E-state index >= 15 is 0 Å². The molecule has 1 saturated carbocycles. The number of nitrogens with one attached hydrogen (secondary N) is 1. The Morgan fingerprint density at radius 2 is 2.00 bits per heavy atom. The molecule has 3 heteroatoms. The molecule has 0 amide bonds. The second-order valence-electron chi connectivity index (χ2n) is 8.90. The number of benzene rings is 1. The lowest BCUT2D eigenvalue weighted by Crippen LogP contribution is -2.56. The van der Waals surface area contributed by atoms with Gasteiger partial charge in [-0.25, -0.2) is 0 Å². The largest absolute Gasteiger partial charge is 0.487 e. The molecule has 3 rings (SSSR count). The molecule has 3 nitrogen and oxygen atoms in total. The molecular formula is C22H36N2O. The first-order valence-corrected chi connectivity index (χ1v) is 10.0. The van der Waals surface area contributed by atoms with Crippen LogP contribution in [0.3, 0.4) is 0 Å². The van der Waals surface area contributed by atoms with E-state index < -0.39 is 0 Å². The van der Waals surface area contributed by atoms with Crippen LogP contribution in [0.5, 0.6) is 5.75 Å². The lowest BCUT2D eigenvalue weighted by molar-refractivity contribution is -0.0887. The number of hydrogen-bond donors (Lipinski definition) is 1. The van der Waals surface area contributed by atoms with E-state index in [1.807, 2.05) is 0 Å². The number of para-hydroxylation sites is 1. The van der Waals surface area contributed by atoms with Gasteiger partial charge in [0.1, 0.15) is 11.4 Å². The minimum atomic E-state index is -0.00535. The van der Waals surface area contributed by atoms with Gasteiger partial charge in [-0.2, -0.15) is 0 Å². The fourth-order valence-corrected chi connectivity index (χ4v) is 5.27.